The lowest BCUT2D eigenvalue weighted by molar-refractivity contribution is -0.359. The zero-order valence-electron chi connectivity index (χ0n) is 66.4. The van der Waals surface area contributed by atoms with Gasteiger partial charge in [0.2, 0.25) is 5.91 Å². The first-order valence-corrected chi connectivity index (χ1v) is 44.2. The van der Waals surface area contributed by atoms with Crippen molar-refractivity contribution in [3.05, 3.63) is 36.5 Å². The molecule has 0 aromatic rings. The van der Waals surface area contributed by atoms with Crippen LogP contribution in [0.25, 0.3) is 0 Å². The summed E-state index contributed by atoms with van der Waals surface area (Å²) in [6.07, 6.45) is 79.9. The first kappa shape index (κ1) is 96.3. The third-order valence-corrected chi connectivity index (χ3v) is 21.8. The van der Waals surface area contributed by atoms with Crippen molar-refractivity contribution in [2.24, 2.45) is 0 Å². The number of nitrogens with one attached hydrogen (secondary N) is 1. The summed E-state index contributed by atoms with van der Waals surface area (Å²) < 4.78 is 22.9. The van der Waals surface area contributed by atoms with Gasteiger partial charge in [-0.15, -0.1) is 0 Å². The molecule has 0 spiro atoms. The van der Waals surface area contributed by atoms with Crippen molar-refractivity contribution in [2.75, 3.05) is 19.8 Å². The average Bonchev–Trinajstić information content (AvgIpc) is 0.790. The number of allylic oxidation sites excluding steroid dienone is 5. The molecule has 14 heteroatoms. The van der Waals surface area contributed by atoms with Crippen molar-refractivity contribution in [1.82, 2.24) is 5.32 Å². The van der Waals surface area contributed by atoms with Crippen LogP contribution in [0.3, 0.4) is 0 Å². The molecular weight excluding hydrogens is 1280 g/mol. The summed E-state index contributed by atoms with van der Waals surface area (Å²) >= 11 is 0. The van der Waals surface area contributed by atoms with Gasteiger partial charge in [0.25, 0.3) is 0 Å². The molecule has 2 saturated heterocycles. The van der Waals surface area contributed by atoms with Crippen molar-refractivity contribution in [3.63, 3.8) is 0 Å². The fourth-order valence-corrected chi connectivity index (χ4v) is 14.8. The number of carbonyl (C=O) groups is 1. The third kappa shape index (κ3) is 53.9. The second-order valence-electron chi connectivity index (χ2n) is 31.4. The van der Waals surface area contributed by atoms with E-state index in [0.29, 0.717) is 12.8 Å². The van der Waals surface area contributed by atoms with Gasteiger partial charge in [-0.2, -0.15) is 0 Å². The Kier molecular flexibility index (Phi) is 68.1. The highest BCUT2D eigenvalue weighted by molar-refractivity contribution is 5.76. The molecule has 602 valence electrons. The number of unbranched alkanes of at least 4 members (excludes halogenated alkanes) is 59. The van der Waals surface area contributed by atoms with E-state index in [1.165, 1.54) is 360 Å². The minimum absolute atomic E-state index is 0.239. The van der Waals surface area contributed by atoms with E-state index in [9.17, 15) is 45.6 Å². The minimum atomic E-state index is -1.79. The molecule has 0 bridgehead atoms. The van der Waals surface area contributed by atoms with Gasteiger partial charge in [-0.3, -0.25) is 4.79 Å². The molecule has 1 amide bonds. The minimum Gasteiger partial charge on any atom is -0.394 e. The second-order valence-corrected chi connectivity index (χ2v) is 31.4. The Balaban J connectivity index is 1.57. The highest BCUT2D eigenvalue weighted by Crippen LogP contribution is 2.31. The molecule has 2 fully saturated rings. The molecule has 2 heterocycles. The lowest BCUT2D eigenvalue weighted by atomic mass is 9.97. The van der Waals surface area contributed by atoms with Crippen LogP contribution in [0.2, 0.25) is 0 Å². The monoisotopic (exact) mass is 1450 g/mol. The Morgan fingerprint density at radius 3 is 0.961 bits per heavy atom. The highest BCUT2D eigenvalue weighted by Gasteiger charge is 2.51. The van der Waals surface area contributed by atoms with Gasteiger partial charge in [-0.1, -0.05) is 397 Å². The van der Waals surface area contributed by atoms with E-state index in [2.05, 4.69) is 43.5 Å². The van der Waals surface area contributed by atoms with E-state index in [1.807, 2.05) is 6.08 Å². The molecule has 0 radical (unpaired) electrons. The van der Waals surface area contributed by atoms with Crippen LogP contribution in [0.5, 0.6) is 0 Å². The Bertz CT molecular complexity index is 1850. The second kappa shape index (κ2) is 72.1. The molecule has 0 aromatic heterocycles. The summed E-state index contributed by atoms with van der Waals surface area (Å²) in [5.74, 6) is -0.239. The number of ether oxygens (including phenoxy) is 4. The van der Waals surface area contributed by atoms with E-state index in [-0.39, 0.29) is 18.9 Å². The Labute approximate surface area is 627 Å². The maximum Gasteiger partial charge on any atom is 0.220 e. The lowest BCUT2D eigenvalue weighted by Gasteiger charge is -2.46. The highest BCUT2D eigenvalue weighted by atomic mass is 16.7. The molecule has 2 aliphatic heterocycles. The fourth-order valence-electron chi connectivity index (χ4n) is 14.8. The molecular formula is C88H167NO13. The smallest absolute Gasteiger partial charge is 0.220 e. The normalized spacial score (nSPS) is 21.7. The maximum atomic E-state index is 13.4. The number of amides is 1. The van der Waals surface area contributed by atoms with Crippen LogP contribution in [0, 0.1) is 0 Å². The largest absolute Gasteiger partial charge is 0.394 e. The van der Waals surface area contributed by atoms with Gasteiger partial charge in [0.15, 0.2) is 12.6 Å². The first-order chi connectivity index (χ1) is 50.1. The van der Waals surface area contributed by atoms with Gasteiger partial charge >= 0.3 is 0 Å². The Hall–Kier alpha value is -1.79. The van der Waals surface area contributed by atoms with E-state index >= 15 is 0 Å². The van der Waals surface area contributed by atoms with E-state index in [1.54, 1.807) is 6.08 Å². The third-order valence-electron chi connectivity index (χ3n) is 21.8. The van der Waals surface area contributed by atoms with Gasteiger partial charge in [-0.25, -0.2) is 0 Å². The van der Waals surface area contributed by atoms with Crippen LogP contribution in [-0.2, 0) is 23.7 Å². The number of aliphatic hydroxyl groups excluding tert-OH is 8. The van der Waals surface area contributed by atoms with Crippen LogP contribution in [0.15, 0.2) is 36.5 Å². The van der Waals surface area contributed by atoms with Gasteiger partial charge in [0, 0.05) is 6.42 Å². The zero-order chi connectivity index (χ0) is 73.7. The van der Waals surface area contributed by atoms with Gasteiger partial charge in [0.1, 0.15) is 48.8 Å². The average molecular weight is 1450 g/mol. The summed E-state index contributed by atoms with van der Waals surface area (Å²) in [6.45, 7) is 2.86. The molecule has 0 aromatic carbocycles. The van der Waals surface area contributed by atoms with Gasteiger partial charge < -0.3 is 65.1 Å². The molecule has 0 aliphatic carbocycles. The van der Waals surface area contributed by atoms with Crippen molar-refractivity contribution in [1.29, 1.82) is 0 Å². The van der Waals surface area contributed by atoms with Crippen LogP contribution in [0.1, 0.15) is 425 Å². The van der Waals surface area contributed by atoms with Gasteiger partial charge in [0.05, 0.1) is 32.0 Å². The van der Waals surface area contributed by atoms with E-state index in [4.69, 9.17) is 18.9 Å². The molecule has 12 unspecified atom stereocenters. The summed E-state index contributed by atoms with van der Waals surface area (Å²) in [7, 11) is 0. The predicted molar refractivity (Wildman–Crippen MR) is 425 cm³/mol. The van der Waals surface area contributed by atoms with Crippen molar-refractivity contribution >= 4 is 5.91 Å². The summed E-state index contributed by atoms with van der Waals surface area (Å²) in [6, 6.07) is -0.932. The first-order valence-electron chi connectivity index (χ1n) is 44.2. The summed E-state index contributed by atoms with van der Waals surface area (Å²) in [4.78, 5) is 13.4. The Morgan fingerprint density at radius 1 is 0.343 bits per heavy atom. The standard InChI is InChI=1S/C88H167NO13/c1-3-5-7-9-11-13-15-17-19-21-23-25-27-29-31-33-34-35-36-37-38-39-40-41-42-44-46-48-50-52-54-56-58-60-62-64-66-68-70-72-80(93)89-76(75-99-87-85(98)83(96)86(79(74-91)101-87)102-88-84(97)82(95)81(94)78(73-90)100-88)77(92)71-69-67-65-63-61-59-57-55-53-51-49-47-45-43-32-30-28-26-24-22-20-18-16-14-12-10-8-6-4-2/h21,23,61,63,69,71,76-79,81-88,90-92,94-98H,3-20,22,24-60,62,64-68,70,72-75H2,1-2H3,(H,89,93)/b23-21-,63-61+,71-69+. The van der Waals surface area contributed by atoms with E-state index < -0.39 is 86.8 Å². The van der Waals surface area contributed by atoms with Crippen molar-refractivity contribution in [2.45, 2.75) is 498 Å². The number of rotatable bonds is 76. The van der Waals surface area contributed by atoms with E-state index in [0.717, 1.165) is 32.1 Å². The summed E-state index contributed by atoms with van der Waals surface area (Å²) in [5, 5.41) is 87.8. The maximum absolute atomic E-state index is 13.4. The van der Waals surface area contributed by atoms with Crippen molar-refractivity contribution in [3.8, 4) is 0 Å². The van der Waals surface area contributed by atoms with Crippen molar-refractivity contribution < 1.29 is 64.6 Å². The van der Waals surface area contributed by atoms with Gasteiger partial charge in [-0.05, 0) is 57.8 Å². The number of hydrogen-bond acceptors (Lipinski definition) is 13. The predicted octanol–water partition coefficient (Wildman–Crippen LogP) is 21.1. The molecule has 0 saturated carbocycles. The molecule has 102 heavy (non-hydrogen) atoms. The molecule has 9 N–H and O–H groups in total. The van der Waals surface area contributed by atoms with Crippen LogP contribution in [0.4, 0.5) is 0 Å². The van der Waals surface area contributed by atoms with Crippen LogP contribution < -0.4 is 5.32 Å². The molecule has 2 aliphatic rings. The lowest BCUT2D eigenvalue weighted by Crippen LogP contribution is -2.65. The Morgan fingerprint density at radius 2 is 0.627 bits per heavy atom. The fraction of sp³-hybridized carbons (Fsp3) is 0.920. The van der Waals surface area contributed by atoms with Crippen LogP contribution in [-0.4, -0.2) is 140 Å². The molecule has 2 rings (SSSR count). The number of carbonyl (C=O) groups excluding carboxylic acids is 1. The van der Waals surface area contributed by atoms with Crippen LogP contribution >= 0.6 is 0 Å². The quantitative estimate of drug-likeness (QED) is 0.0204. The zero-order valence-corrected chi connectivity index (χ0v) is 66.4. The topological polar surface area (TPSA) is 228 Å². The SMILES string of the molecule is CCCCCCCCCC/C=C\CCCCCCCCCCCCCCCCCCCCCCCCCCCCCC(=O)NC(COC1OC(CO)C(OC2OC(CO)C(O)C(O)C2O)C(O)C1O)C(O)/C=C/CC/C=C/CCCCCCCCCCCCCCCCCCCCCCCCC. The number of aliphatic hydroxyl groups is 8. The number of hydrogen-bond donors (Lipinski definition) is 9. The molecule has 12 atom stereocenters. The summed E-state index contributed by atoms with van der Waals surface area (Å²) in [5.41, 5.74) is 0. The molecule has 14 nitrogen and oxygen atoms in total.